The van der Waals surface area contributed by atoms with Crippen LogP contribution in [0.3, 0.4) is 0 Å². The number of H-pyrrole nitrogens is 4. The summed E-state index contributed by atoms with van der Waals surface area (Å²) in [6, 6.07) is 71.4. The summed E-state index contributed by atoms with van der Waals surface area (Å²) in [5.41, 5.74) is 0.523. The number of aromatic amines is 4. The quantitative estimate of drug-likeness (QED) is 0.0329. The van der Waals surface area contributed by atoms with Crippen LogP contribution >= 0.6 is 0 Å². The maximum absolute atomic E-state index is 15.4. The first kappa shape index (κ1) is 82.5. The lowest BCUT2D eigenvalue weighted by Gasteiger charge is -2.34. The summed E-state index contributed by atoms with van der Waals surface area (Å²) in [5.74, 6) is -2.71. The lowest BCUT2D eigenvalue weighted by Crippen LogP contribution is -2.32. The Kier molecular flexibility index (Phi) is 20.0. The number of nitrogens with one attached hydrogen (secondary N) is 4. The molecule has 16 aromatic rings. The van der Waals surface area contributed by atoms with Crippen molar-refractivity contribution in [1.82, 2.24) is 19.9 Å². The van der Waals surface area contributed by atoms with Crippen molar-refractivity contribution < 1.29 is 70.8 Å². The smallest absolute Gasteiger partial charge is 0.339 e. The van der Waals surface area contributed by atoms with Gasteiger partial charge < -0.3 is 76.7 Å². The number of hydrogen-bond donors (Lipinski definition) is 8. The summed E-state index contributed by atoms with van der Waals surface area (Å²) in [7, 11) is -4.75. The molecule has 0 radical (unpaired) electrons. The van der Waals surface area contributed by atoms with Crippen LogP contribution in [0.4, 0.5) is 22.7 Å². The number of anilines is 4. The van der Waals surface area contributed by atoms with Gasteiger partial charge in [0.2, 0.25) is 0 Å². The Hall–Kier alpha value is -13.8. The number of hydrogen-bond acceptors (Lipinski definition) is 20. The Balaban J connectivity index is 0.904. The molecule has 0 amide bonds. The molecule has 0 unspecified atom stereocenters. The second kappa shape index (κ2) is 30.1. The zero-order valence-electron chi connectivity index (χ0n) is 69.5. The van der Waals surface area contributed by atoms with E-state index in [1.807, 2.05) is 128 Å². The lowest BCUT2D eigenvalue weighted by molar-refractivity contribution is 0.445. The van der Waals surface area contributed by atoms with Crippen molar-refractivity contribution in [3.8, 4) is 46.0 Å². The van der Waals surface area contributed by atoms with Crippen LogP contribution in [0.1, 0.15) is 95.5 Å². The van der Waals surface area contributed by atoms with Gasteiger partial charge in [0.1, 0.15) is 65.6 Å². The van der Waals surface area contributed by atoms with E-state index in [0.29, 0.717) is 99.8 Å². The average molecular weight is 1740 g/mol. The summed E-state index contributed by atoms with van der Waals surface area (Å²) in [4.78, 5) is 21.7. The van der Waals surface area contributed by atoms with E-state index in [4.69, 9.17) is 16.7 Å². The van der Waals surface area contributed by atoms with Gasteiger partial charge >= 0.3 is 40.5 Å². The van der Waals surface area contributed by atoms with Crippen LogP contribution in [-0.4, -0.2) is 130 Å². The Morgan fingerprint density at radius 1 is 0.234 bits per heavy atom. The normalized spacial score (nSPS) is 17.4. The fraction of sp³-hybridized carbons (Fsp3) is 0.167. The molecule has 0 saturated carbocycles. The molecule has 0 saturated heterocycles. The highest BCUT2D eigenvalue weighted by molar-refractivity contribution is 7.88. The third-order valence-electron chi connectivity index (χ3n) is 24.2. The van der Waals surface area contributed by atoms with Crippen molar-refractivity contribution in [1.29, 1.82) is 0 Å². The third kappa shape index (κ3) is 14.0. The molecule has 24 nitrogen and oxygen atoms in total. The summed E-state index contributed by atoms with van der Waals surface area (Å²) >= 11 is 0. The maximum Gasteiger partial charge on any atom is 0.339 e. The lowest BCUT2D eigenvalue weighted by atomic mass is 9.76. The predicted octanol–water partition coefficient (Wildman–Crippen LogP) is 17.5. The van der Waals surface area contributed by atoms with Crippen LogP contribution in [0.5, 0.6) is 46.0 Å². The molecule has 0 spiro atoms. The first-order valence-electron chi connectivity index (χ1n) is 39.5. The molecule has 124 heavy (non-hydrogen) atoms. The largest absolute Gasteiger partial charge is 0.508 e. The molecule has 5 heterocycles. The summed E-state index contributed by atoms with van der Waals surface area (Å²) in [6.07, 6.45) is 0. The average Bonchev–Trinajstić information content (AvgIpc) is 1.54. The zero-order valence-corrected chi connectivity index (χ0v) is 72.8. The van der Waals surface area contributed by atoms with Gasteiger partial charge in [-0.05, 0) is 196 Å². The molecule has 12 aromatic carbocycles. The monoisotopic (exact) mass is 1740 g/mol. The number of benzene rings is 12. The second-order valence-electron chi connectivity index (χ2n) is 32.7. The van der Waals surface area contributed by atoms with E-state index in [1.165, 1.54) is 97.1 Å². The van der Waals surface area contributed by atoms with Crippen molar-refractivity contribution in [3.63, 3.8) is 0 Å². The van der Waals surface area contributed by atoms with E-state index in [0.717, 1.165) is 22.7 Å². The van der Waals surface area contributed by atoms with Crippen molar-refractivity contribution in [2.45, 2.75) is 68.9 Å². The van der Waals surface area contributed by atoms with E-state index < -0.39 is 62.1 Å². The molecule has 17 rings (SSSR count). The Labute approximate surface area is 717 Å². The molecule has 8 N–H and O–H groups in total. The van der Waals surface area contributed by atoms with Crippen LogP contribution in [0.25, 0.3) is 43.1 Å². The number of phenols is 4. The molecule has 4 aromatic heterocycles. The minimum absolute atomic E-state index is 0.184. The molecule has 1 aliphatic rings. The van der Waals surface area contributed by atoms with Crippen LogP contribution in [-0.2, 0) is 62.1 Å². The summed E-state index contributed by atoms with van der Waals surface area (Å²) in [6.45, 7) is 7.34. The minimum atomic E-state index is -4.87. The van der Waals surface area contributed by atoms with Gasteiger partial charge in [-0.1, -0.05) is 97.1 Å². The Morgan fingerprint density at radius 2 is 0.411 bits per heavy atom. The topological polar surface area (TPSA) is 331 Å². The summed E-state index contributed by atoms with van der Waals surface area (Å²) in [5, 5.41) is 50.5. The summed E-state index contributed by atoms with van der Waals surface area (Å²) < 4.78 is 149. The number of nitrogens with zero attached hydrogens (tertiary/aromatic N) is 4. The number of aromatic nitrogens is 4. The molecule has 28 heteroatoms. The highest BCUT2D eigenvalue weighted by Gasteiger charge is 2.46. The van der Waals surface area contributed by atoms with Crippen molar-refractivity contribution in [2.75, 3.05) is 76.0 Å². The van der Waals surface area contributed by atoms with Crippen molar-refractivity contribution in [2.24, 2.45) is 0 Å². The molecule has 0 fully saturated rings. The van der Waals surface area contributed by atoms with E-state index >= 15 is 33.7 Å². The SMILES string of the molecule is CN(C)c1cccc2c(S(=O)(=O)Oc3cc(OS(=O)(=O)c4cccc5c(N(C)C)cccc45)cc(C4(C)c5ccc([nH]5)C(C)(c5cc(O)cc(O)c5)c5ccc([nH]5)C(C)(c5cc(OS(=O)(=O)c6cccc7c(N(C)C)cccc67)cc(OS(=O)(=O)c6cccc7c(N(C)C)cccc67)c5)c5ccc([nH]5)C(C)(c5cc(O)cc(O)c5)c5ccc4[nH]5)c3)cccc12. The molecular weight excluding hydrogens is 1650 g/mol. The van der Waals surface area contributed by atoms with Gasteiger partial charge in [-0.3, -0.25) is 0 Å². The standard InChI is InChI=1S/C96H88N8O16S4/c1-93(57-45-61(105)53-62(106)46-57)85-37-41-89(97-85)95(3,59-49-65(117-121(109,110)81-33-17-21-69-73(81)25-13-29-77(69)101(5)6)55-66(50-59)118-122(111,112)82-34-18-22-70-74(82)26-14-30-78(70)102(7)8)91-43-39-87(99-91)94(2,58-47-63(107)54-64(108)48-58)88-40-44-92(100-88)96(4,90-42-38-86(93)98-90)60-51-67(119-123(113,114)83-35-19-23-71-75(83)27-15-31-79(71)103(9)10)56-68(52-60)120-124(115,116)84-36-20-24-72-76(84)28-16-32-80(72)104(11)12/h13-56,97-100,105-108H,1-12H3. The molecule has 1 aliphatic heterocycles. The zero-order chi connectivity index (χ0) is 87.9. The number of phenolic OH excluding ortho intramolecular Hbond substituents is 4. The molecule has 8 bridgehead atoms. The predicted molar refractivity (Wildman–Crippen MR) is 482 cm³/mol. The van der Waals surface area contributed by atoms with Crippen LogP contribution in [0.2, 0.25) is 0 Å². The van der Waals surface area contributed by atoms with E-state index in [-0.39, 0.29) is 76.7 Å². The first-order valence-corrected chi connectivity index (χ1v) is 45.2. The Bertz CT molecular complexity index is 6670. The van der Waals surface area contributed by atoms with Gasteiger partial charge in [-0.2, -0.15) is 33.7 Å². The molecule has 0 aliphatic carbocycles. The van der Waals surface area contributed by atoms with Crippen molar-refractivity contribution >= 4 is 106 Å². The van der Waals surface area contributed by atoms with Gasteiger partial charge in [0, 0.05) is 192 Å². The number of rotatable bonds is 20. The fourth-order valence-electron chi connectivity index (χ4n) is 17.6. The number of fused-ring (bicyclic) bond motifs is 12. The van der Waals surface area contributed by atoms with Gasteiger partial charge in [0.25, 0.3) is 0 Å². The molecular formula is C96H88N8O16S4. The first-order chi connectivity index (χ1) is 58.8. The number of aromatic hydroxyl groups is 4. The Morgan fingerprint density at radius 3 is 0.605 bits per heavy atom. The second-order valence-corrected chi connectivity index (χ2v) is 38.8. The highest BCUT2D eigenvalue weighted by atomic mass is 32.2. The maximum atomic E-state index is 15.4. The van der Waals surface area contributed by atoms with Gasteiger partial charge in [-0.15, -0.1) is 0 Å². The minimum Gasteiger partial charge on any atom is -0.508 e. The molecule has 0 atom stereocenters. The van der Waals surface area contributed by atoms with Crippen LogP contribution in [0, 0.1) is 0 Å². The van der Waals surface area contributed by atoms with Crippen molar-refractivity contribution in [3.05, 3.63) is 335 Å². The van der Waals surface area contributed by atoms with Crippen LogP contribution in [0.15, 0.2) is 287 Å². The highest BCUT2D eigenvalue weighted by Crippen LogP contribution is 2.52. The van der Waals surface area contributed by atoms with E-state index in [2.05, 4.69) is 19.9 Å². The fourth-order valence-corrected chi connectivity index (χ4v) is 22.1. The van der Waals surface area contributed by atoms with Gasteiger partial charge in [0.15, 0.2) is 0 Å². The third-order valence-corrected chi connectivity index (χ3v) is 29.4. The van der Waals surface area contributed by atoms with Gasteiger partial charge in [-0.25, -0.2) is 0 Å². The van der Waals surface area contributed by atoms with Gasteiger partial charge in [0.05, 0.1) is 21.7 Å². The van der Waals surface area contributed by atoms with Crippen LogP contribution < -0.4 is 36.3 Å². The van der Waals surface area contributed by atoms with E-state index in [9.17, 15) is 20.4 Å². The van der Waals surface area contributed by atoms with E-state index in [1.54, 1.807) is 146 Å². The molecule has 632 valence electrons.